The molecule has 1 saturated heterocycles. The Kier molecular flexibility index (Phi) is 6.57. The first-order chi connectivity index (χ1) is 14.7. The number of H-pyrrole nitrogens is 1. The lowest BCUT2D eigenvalue weighted by Gasteiger charge is -2.35. The van der Waals surface area contributed by atoms with E-state index >= 15 is 0 Å². The number of nitrogens with zero attached hydrogens (tertiary/aromatic N) is 4. The number of nitrogens with two attached hydrogens (primary N) is 2. The van der Waals surface area contributed by atoms with Gasteiger partial charge in [-0.25, -0.2) is 4.99 Å². The third kappa shape index (κ3) is 5.39. The van der Waals surface area contributed by atoms with E-state index in [4.69, 9.17) is 11.5 Å². The van der Waals surface area contributed by atoms with Gasteiger partial charge in [-0.1, -0.05) is 6.58 Å². The lowest BCUT2D eigenvalue weighted by molar-refractivity contribution is -0.533. The highest BCUT2D eigenvalue weighted by Gasteiger charge is 2.27. The van der Waals surface area contributed by atoms with Crippen LogP contribution < -0.4 is 21.8 Å². The molecule has 1 atom stereocenters. The summed E-state index contributed by atoms with van der Waals surface area (Å²) in [6.07, 6.45) is 8.15. The van der Waals surface area contributed by atoms with Gasteiger partial charge in [-0.2, -0.15) is 15.1 Å². The van der Waals surface area contributed by atoms with Crippen molar-refractivity contribution < 1.29 is 9.79 Å². The third-order valence-corrected chi connectivity index (χ3v) is 5.14. The van der Waals surface area contributed by atoms with E-state index in [1.54, 1.807) is 6.21 Å². The maximum atomic E-state index is 12.2. The summed E-state index contributed by atoms with van der Waals surface area (Å²) in [5, 5.41) is 11.1. The van der Waals surface area contributed by atoms with Crippen LogP contribution in [0.25, 0.3) is 11.0 Å². The second-order valence-corrected chi connectivity index (χ2v) is 8.71. The van der Waals surface area contributed by atoms with E-state index in [-0.39, 0.29) is 17.5 Å². The molecule has 0 saturated carbocycles. The number of anilines is 2. The summed E-state index contributed by atoms with van der Waals surface area (Å²) in [4.78, 5) is 26.2. The Morgan fingerprint density at radius 1 is 1.39 bits per heavy atom. The standard InChI is InChI=1S/C21H31N9O/c1-5-16(31)30-9-7-6-8-14(30)10-15-17-18(23)26-20(27-19(17)29-28-15)25-13(11-22)12-24-21(2,3)4/h5,11-12,14H,1,6-10,22H2,2-4H3,(H4,23,25,26,27,28,29)/p+1. The van der Waals surface area contributed by atoms with Gasteiger partial charge < -0.3 is 21.7 Å². The van der Waals surface area contributed by atoms with Gasteiger partial charge in [-0.15, -0.1) is 0 Å². The van der Waals surface area contributed by atoms with Crippen LogP contribution in [-0.2, 0) is 11.2 Å². The second-order valence-electron chi connectivity index (χ2n) is 8.71. The molecule has 2 aromatic rings. The van der Waals surface area contributed by atoms with Crippen LogP contribution in [0.1, 0.15) is 45.7 Å². The first-order valence-electron chi connectivity index (χ1n) is 10.4. The van der Waals surface area contributed by atoms with Gasteiger partial charge in [0.1, 0.15) is 11.5 Å². The summed E-state index contributed by atoms with van der Waals surface area (Å²) in [6, 6.07) is 0.0601. The van der Waals surface area contributed by atoms with Gasteiger partial charge in [0.2, 0.25) is 11.9 Å². The molecule has 0 aromatic carbocycles. The summed E-state index contributed by atoms with van der Waals surface area (Å²) in [7, 11) is 0. The van der Waals surface area contributed by atoms with Gasteiger partial charge in [0, 0.05) is 25.2 Å². The van der Waals surface area contributed by atoms with Crippen molar-refractivity contribution in [1.82, 2.24) is 25.1 Å². The van der Waals surface area contributed by atoms with Crippen LogP contribution in [0.3, 0.4) is 0 Å². The summed E-state index contributed by atoms with van der Waals surface area (Å²) in [5.74, 6) is 0.562. The van der Waals surface area contributed by atoms with Crippen LogP contribution in [0, 0.1) is 0 Å². The molecule has 3 rings (SSSR count). The normalized spacial score (nSPS) is 18.0. The molecule has 31 heavy (non-hydrogen) atoms. The topological polar surface area (TPSA) is 153 Å². The van der Waals surface area contributed by atoms with E-state index in [0.717, 1.165) is 31.5 Å². The van der Waals surface area contributed by atoms with Crippen LogP contribution in [-0.4, -0.2) is 55.3 Å². The molecule has 0 spiro atoms. The molecule has 0 radical (unpaired) electrons. The van der Waals surface area contributed by atoms with Crippen molar-refractivity contribution in [2.45, 2.75) is 58.0 Å². The number of hydrogen-bond donors (Lipinski definition) is 5. The summed E-state index contributed by atoms with van der Waals surface area (Å²) >= 11 is 0. The fourth-order valence-corrected chi connectivity index (χ4v) is 3.62. The number of aromatic nitrogens is 4. The molecule has 166 valence electrons. The molecule has 2 aromatic heterocycles. The molecular formula is C21H32N9O+. The first kappa shape index (κ1) is 22.3. The Hall–Kier alpha value is -3.43. The largest absolute Gasteiger partial charge is 0.403 e. The smallest absolute Gasteiger partial charge is 0.246 e. The molecule has 1 aliphatic rings. The van der Waals surface area contributed by atoms with E-state index < -0.39 is 0 Å². The summed E-state index contributed by atoms with van der Waals surface area (Å²) in [6.45, 7) is 10.5. The van der Waals surface area contributed by atoms with E-state index in [0.29, 0.717) is 34.9 Å². The zero-order valence-electron chi connectivity index (χ0n) is 18.4. The zero-order valence-corrected chi connectivity index (χ0v) is 18.4. The van der Waals surface area contributed by atoms with Gasteiger partial charge in [0.15, 0.2) is 17.4 Å². The molecule has 1 amide bonds. The number of allylic oxidation sites excluding steroid dienone is 1. The van der Waals surface area contributed by atoms with Crippen LogP contribution in [0.5, 0.6) is 0 Å². The molecule has 0 bridgehead atoms. The molecule has 0 aliphatic carbocycles. The highest BCUT2D eigenvalue weighted by molar-refractivity contribution is 5.90. The van der Waals surface area contributed by atoms with Gasteiger partial charge in [0.25, 0.3) is 0 Å². The van der Waals surface area contributed by atoms with Crippen molar-refractivity contribution in [3.63, 3.8) is 0 Å². The van der Waals surface area contributed by atoms with Crippen molar-refractivity contribution >= 4 is 34.9 Å². The number of carbonyl (C=O) groups is 1. The quantitative estimate of drug-likeness (QED) is 0.327. The lowest BCUT2D eigenvalue weighted by Crippen LogP contribution is -2.81. The third-order valence-electron chi connectivity index (χ3n) is 5.14. The minimum Gasteiger partial charge on any atom is -0.403 e. The van der Waals surface area contributed by atoms with E-state index in [9.17, 15) is 4.79 Å². The Labute approximate surface area is 181 Å². The molecule has 1 aliphatic heterocycles. The van der Waals surface area contributed by atoms with Crippen molar-refractivity contribution in [3.8, 4) is 0 Å². The average Bonchev–Trinajstić information content (AvgIpc) is 3.13. The zero-order chi connectivity index (χ0) is 22.6. The number of fused-ring (bicyclic) bond motifs is 1. The van der Waals surface area contributed by atoms with Crippen molar-refractivity contribution in [1.29, 1.82) is 0 Å². The molecule has 7 N–H and O–H groups in total. The Balaban J connectivity index is 1.83. The number of hydrogen-bond acceptors (Lipinski definition) is 7. The number of carbonyl (C=O) groups excluding carboxylic acids is 1. The van der Waals surface area contributed by atoms with E-state index in [1.165, 1.54) is 12.3 Å². The fourth-order valence-electron chi connectivity index (χ4n) is 3.62. The average molecular weight is 427 g/mol. The van der Waals surface area contributed by atoms with E-state index in [1.807, 2.05) is 25.7 Å². The Morgan fingerprint density at radius 3 is 2.84 bits per heavy atom. The fraction of sp³-hybridized carbons (Fsp3) is 0.476. The minimum absolute atomic E-state index is 0.0505. The number of aromatic amines is 1. The van der Waals surface area contributed by atoms with Crippen LogP contribution in [0.2, 0.25) is 0 Å². The number of rotatable bonds is 6. The lowest BCUT2D eigenvalue weighted by atomic mass is 9.97. The van der Waals surface area contributed by atoms with Gasteiger partial charge in [-0.3, -0.25) is 9.89 Å². The van der Waals surface area contributed by atoms with Crippen molar-refractivity contribution in [2.75, 3.05) is 17.6 Å². The van der Waals surface area contributed by atoms with Gasteiger partial charge in [-0.05, 0) is 46.1 Å². The highest BCUT2D eigenvalue weighted by Crippen LogP contribution is 2.26. The predicted octanol–water partition coefficient (Wildman–Crippen LogP) is 0.207. The van der Waals surface area contributed by atoms with E-state index in [2.05, 4.69) is 37.1 Å². The number of likely N-dealkylation sites (tertiary alicyclic amines) is 1. The number of amides is 1. The Morgan fingerprint density at radius 2 is 2.16 bits per heavy atom. The molecule has 3 heterocycles. The van der Waals surface area contributed by atoms with Crippen LogP contribution >= 0.6 is 0 Å². The first-order valence-corrected chi connectivity index (χ1v) is 10.4. The van der Waals surface area contributed by atoms with Crippen LogP contribution in [0.15, 0.2) is 24.6 Å². The second kappa shape index (κ2) is 9.15. The maximum Gasteiger partial charge on any atom is 0.246 e. The SMILES string of the molecule is C=CC(=O)N1CCCCC1Cc1[nH]nc2nc(NC(C=[NH+]C(C)(C)C)=CN)nc(N)c12. The number of nitrogens with one attached hydrogen (secondary N) is 3. The van der Waals surface area contributed by atoms with Crippen molar-refractivity contribution in [2.24, 2.45) is 5.73 Å². The number of nitrogen functional groups attached to an aromatic ring is 1. The molecule has 1 fully saturated rings. The molecule has 1 unspecified atom stereocenters. The highest BCUT2D eigenvalue weighted by atomic mass is 16.2. The summed E-state index contributed by atoms with van der Waals surface area (Å²) < 4.78 is 0. The van der Waals surface area contributed by atoms with Crippen molar-refractivity contribution in [3.05, 3.63) is 30.2 Å². The molecule has 10 nitrogen and oxygen atoms in total. The molecular weight excluding hydrogens is 394 g/mol. The molecule has 10 heteroatoms. The predicted molar refractivity (Wildman–Crippen MR) is 122 cm³/mol. The Bertz CT molecular complexity index is 1020. The summed E-state index contributed by atoms with van der Waals surface area (Å²) in [5.41, 5.74) is 13.7. The minimum atomic E-state index is -0.114. The number of piperidine rings is 1. The van der Waals surface area contributed by atoms with Gasteiger partial charge >= 0.3 is 0 Å². The van der Waals surface area contributed by atoms with Crippen LogP contribution in [0.4, 0.5) is 11.8 Å². The monoisotopic (exact) mass is 426 g/mol. The maximum absolute atomic E-state index is 12.2. The van der Waals surface area contributed by atoms with Gasteiger partial charge in [0.05, 0.1) is 11.1 Å².